The van der Waals surface area contributed by atoms with E-state index < -0.39 is 0 Å². The number of nitrogens with zero attached hydrogens (tertiary/aromatic N) is 2. The molecular formula is C13H10Cl2N2. The number of aliphatic imine (C=N–C) groups is 1. The number of rotatable bonds is 2. The Balaban J connectivity index is 2.36. The van der Waals surface area contributed by atoms with E-state index >= 15 is 0 Å². The molecule has 1 heterocycles. The van der Waals surface area contributed by atoms with Crippen molar-refractivity contribution in [3.05, 3.63) is 58.3 Å². The number of hydrogen-bond acceptors (Lipinski definition) is 2. The standard InChI is InChI=1S/C13H10Cl2N2/c1-9(12-4-2-3-7-16-12)17-13-6-5-10(14)8-11(13)15/h2-8H,1H3. The first kappa shape index (κ1) is 12.1. The summed E-state index contributed by atoms with van der Waals surface area (Å²) in [5, 5.41) is 1.14. The van der Waals surface area contributed by atoms with Crippen molar-refractivity contribution in [1.82, 2.24) is 4.98 Å². The van der Waals surface area contributed by atoms with E-state index in [2.05, 4.69) is 9.98 Å². The first-order valence-corrected chi connectivity index (χ1v) is 5.84. The van der Waals surface area contributed by atoms with Gasteiger partial charge in [0.05, 0.1) is 22.1 Å². The van der Waals surface area contributed by atoms with Gasteiger partial charge in [0.1, 0.15) is 0 Å². The van der Waals surface area contributed by atoms with Crippen molar-refractivity contribution >= 4 is 34.6 Å². The number of halogens is 2. The van der Waals surface area contributed by atoms with E-state index in [9.17, 15) is 0 Å². The quantitative estimate of drug-likeness (QED) is 0.732. The van der Waals surface area contributed by atoms with Gasteiger partial charge in [0.25, 0.3) is 0 Å². The first-order valence-electron chi connectivity index (χ1n) is 5.08. The van der Waals surface area contributed by atoms with Crippen LogP contribution in [-0.2, 0) is 0 Å². The van der Waals surface area contributed by atoms with Crippen LogP contribution in [0.2, 0.25) is 10.0 Å². The highest BCUT2D eigenvalue weighted by Crippen LogP contribution is 2.28. The maximum atomic E-state index is 6.05. The third-order valence-electron chi connectivity index (χ3n) is 2.23. The number of hydrogen-bond donors (Lipinski definition) is 0. The molecule has 0 aliphatic heterocycles. The van der Waals surface area contributed by atoms with Crippen LogP contribution in [-0.4, -0.2) is 10.7 Å². The van der Waals surface area contributed by atoms with Crippen LogP contribution in [0.4, 0.5) is 5.69 Å². The van der Waals surface area contributed by atoms with Gasteiger partial charge in [0.15, 0.2) is 0 Å². The Morgan fingerprint density at radius 3 is 2.65 bits per heavy atom. The maximum absolute atomic E-state index is 6.05. The van der Waals surface area contributed by atoms with E-state index in [4.69, 9.17) is 23.2 Å². The predicted octanol–water partition coefficient (Wildman–Crippen LogP) is 4.53. The largest absolute Gasteiger partial charge is 0.255 e. The SMILES string of the molecule is CC(=Nc1ccc(Cl)cc1Cl)c1ccccn1. The number of aromatic nitrogens is 1. The fourth-order valence-corrected chi connectivity index (χ4v) is 1.84. The maximum Gasteiger partial charge on any atom is 0.0841 e. The van der Waals surface area contributed by atoms with Crippen LogP contribution in [0.3, 0.4) is 0 Å². The summed E-state index contributed by atoms with van der Waals surface area (Å²) in [6, 6.07) is 10.9. The van der Waals surface area contributed by atoms with Crippen molar-refractivity contribution in [2.75, 3.05) is 0 Å². The normalized spacial score (nSPS) is 11.6. The van der Waals surface area contributed by atoms with Gasteiger partial charge in [-0.25, -0.2) is 4.99 Å². The minimum absolute atomic E-state index is 0.535. The zero-order valence-corrected chi connectivity index (χ0v) is 10.7. The third-order valence-corrected chi connectivity index (χ3v) is 2.77. The van der Waals surface area contributed by atoms with Crippen LogP contribution in [0.25, 0.3) is 0 Å². The fourth-order valence-electron chi connectivity index (χ4n) is 1.39. The van der Waals surface area contributed by atoms with Crippen LogP contribution >= 0.6 is 23.2 Å². The second-order valence-corrected chi connectivity index (χ2v) is 4.35. The van der Waals surface area contributed by atoms with Gasteiger partial charge < -0.3 is 0 Å². The smallest absolute Gasteiger partial charge is 0.0841 e. The molecule has 0 fully saturated rings. The van der Waals surface area contributed by atoms with Gasteiger partial charge in [0.2, 0.25) is 0 Å². The lowest BCUT2D eigenvalue weighted by Gasteiger charge is -2.02. The van der Waals surface area contributed by atoms with Gasteiger partial charge in [-0.2, -0.15) is 0 Å². The lowest BCUT2D eigenvalue weighted by atomic mass is 10.2. The lowest BCUT2D eigenvalue weighted by molar-refractivity contribution is 1.28. The minimum Gasteiger partial charge on any atom is -0.255 e. The van der Waals surface area contributed by atoms with Gasteiger partial charge in [-0.05, 0) is 37.3 Å². The molecule has 0 saturated heterocycles. The molecule has 0 N–H and O–H groups in total. The van der Waals surface area contributed by atoms with Crippen LogP contribution in [0.1, 0.15) is 12.6 Å². The summed E-state index contributed by atoms with van der Waals surface area (Å²) in [6.07, 6.45) is 1.73. The molecule has 4 heteroatoms. The summed E-state index contributed by atoms with van der Waals surface area (Å²) in [5.74, 6) is 0. The molecule has 0 amide bonds. The van der Waals surface area contributed by atoms with Crippen molar-refractivity contribution in [2.24, 2.45) is 4.99 Å². The number of benzene rings is 1. The Labute approximate surface area is 110 Å². The molecule has 0 saturated carbocycles. The molecule has 1 aromatic carbocycles. The van der Waals surface area contributed by atoms with E-state index in [0.29, 0.717) is 15.7 Å². The molecule has 0 bridgehead atoms. The fraction of sp³-hybridized carbons (Fsp3) is 0.0769. The monoisotopic (exact) mass is 264 g/mol. The lowest BCUT2D eigenvalue weighted by Crippen LogP contribution is -1.96. The van der Waals surface area contributed by atoms with E-state index in [1.807, 2.05) is 25.1 Å². The topological polar surface area (TPSA) is 25.2 Å². The van der Waals surface area contributed by atoms with Crippen molar-refractivity contribution in [1.29, 1.82) is 0 Å². The first-order chi connectivity index (χ1) is 8.16. The second kappa shape index (κ2) is 5.30. The van der Waals surface area contributed by atoms with Gasteiger partial charge >= 0.3 is 0 Å². The molecule has 2 nitrogen and oxygen atoms in total. The van der Waals surface area contributed by atoms with Crippen LogP contribution < -0.4 is 0 Å². The summed E-state index contributed by atoms with van der Waals surface area (Å²) >= 11 is 11.9. The molecule has 0 aliphatic carbocycles. The van der Waals surface area contributed by atoms with Crippen LogP contribution in [0.5, 0.6) is 0 Å². The predicted molar refractivity (Wildman–Crippen MR) is 72.6 cm³/mol. The summed E-state index contributed by atoms with van der Waals surface area (Å²) < 4.78 is 0. The average molecular weight is 265 g/mol. The molecule has 0 spiro atoms. The van der Waals surface area contributed by atoms with E-state index in [1.54, 1.807) is 24.4 Å². The van der Waals surface area contributed by atoms with Gasteiger partial charge in [-0.15, -0.1) is 0 Å². The highest BCUT2D eigenvalue weighted by Gasteiger charge is 2.02. The Morgan fingerprint density at radius 2 is 2.00 bits per heavy atom. The molecule has 86 valence electrons. The molecule has 0 unspecified atom stereocenters. The molecule has 17 heavy (non-hydrogen) atoms. The summed E-state index contributed by atoms with van der Waals surface area (Å²) in [6.45, 7) is 1.90. The van der Waals surface area contributed by atoms with Crippen molar-refractivity contribution < 1.29 is 0 Å². The van der Waals surface area contributed by atoms with Gasteiger partial charge in [-0.3, -0.25) is 4.98 Å². The highest BCUT2D eigenvalue weighted by molar-refractivity contribution is 6.36. The van der Waals surface area contributed by atoms with E-state index in [0.717, 1.165) is 11.4 Å². The molecular weight excluding hydrogens is 255 g/mol. The Bertz CT molecular complexity index is 551. The molecule has 2 rings (SSSR count). The number of pyridine rings is 1. The Morgan fingerprint density at radius 1 is 1.18 bits per heavy atom. The Hall–Kier alpha value is -1.38. The minimum atomic E-state index is 0.535. The van der Waals surface area contributed by atoms with Crippen molar-refractivity contribution in [2.45, 2.75) is 6.92 Å². The zero-order valence-electron chi connectivity index (χ0n) is 9.19. The van der Waals surface area contributed by atoms with Crippen LogP contribution in [0, 0.1) is 0 Å². The molecule has 0 aliphatic rings. The second-order valence-electron chi connectivity index (χ2n) is 3.51. The van der Waals surface area contributed by atoms with Gasteiger partial charge in [-0.1, -0.05) is 29.3 Å². The van der Waals surface area contributed by atoms with Crippen molar-refractivity contribution in [3.63, 3.8) is 0 Å². The highest BCUT2D eigenvalue weighted by atomic mass is 35.5. The molecule has 0 radical (unpaired) electrons. The molecule has 1 aromatic heterocycles. The van der Waals surface area contributed by atoms with Crippen molar-refractivity contribution in [3.8, 4) is 0 Å². The summed E-state index contributed by atoms with van der Waals surface area (Å²) in [4.78, 5) is 8.66. The van der Waals surface area contributed by atoms with E-state index in [1.165, 1.54) is 0 Å². The molecule has 0 atom stereocenters. The average Bonchev–Trinajstić information content (AvgIpc) is 2.34. The Kier molecular flexibility index (Phi) is 3.77. The summed E-state index contributed by atoms with van der Waals surface area (Å²) in [7, 11) is 0. The summed E-state index contributed by atoms with van der Waals surface area (Å²) in [5.41, 5.74) is 2.34. The van der Waals surface area contributed by atoms with Crippen LogP contribution in [0.15, 0.2) is 47.6 Å². The molecule has 2 aromatic rings. The zero-order chi connectivity index (χ0) is 12.3. The third kappa shape index (κ3) is 3.05. The van der Waals surface area contributed by atoms with Gasteiger partial charge in [0, 0.05) is 11.2 Å². The van der Waals surface area contributed by atoms with E-state index in [-0.39, 0.29) is 0 Å².